The number of anilines is 1. The van der Waals surface area contributed by atoms with E-state index in [1.54, 1.807) is 4.90 Å². The second-order valence-electron chi connectivity index (χ2n) is 6.51. The molecule has 22 heavy (non-hydrogen) atoms. The molecule has 2 N–H and O–H groups in total. The molecule has 0 bridgehead atoms. The molecule has 0 aromatic heterocycles. The fourth-order valence-corrected chi connectivity index (χ4v) is 2.90. The number of rotatable bonds is 5. The molecular weight excluding hydrogens is 280 g/mol. The number of amides is 2. The summed E-state index contributed by atoms with van der Waals surface area (Å²) in [4.78, 5) is 26.2. The number of nitrogens with one attached hydrogen (secondary N) is 1. The van der Waals surface area contributed by atoms with Crippen LogP contribution in [0.5, 0.6) is 0 Å². The molecule has 0 atom stereocenters. The number of carbonyl (C=O) groups excluding carboxylic acids is 2. The number of hydrogen-bond donors (Lipinski definition) is 2. The van der Waals surface area contributed by atoms with Gasteiger partial charge in [-0.25, -0.2) is 0 Å². The van der Waals surface area contributed by atoms with Crippen molar-refractivity contribution in [1.82, 2.24) is 5.32 Å². The van der Waals surface area contributed by atoms with E-state index in [-0.39, 0.29) is 23.8 Å². The van der Waals surface area contributed by atoms with Gasteiger partial charge in [0.15, 0.2) is 0 Å². The minimum Gasteiger partial charge on any atom is -0.396 e. The summed E-state index contributed by atoms with van der Waals surface area (Å²) in [5, 5.41) is 12.3. The summed E-state index contributed by atoms with van der Waals surface area (Å²) in [6.07, 6.45) is 3.29. The van der Waals surface area contributed by atoms with Crippen LogP contribution in [-0.2, 0) is 4.79 Å². The Morgan fingerprint density at radius 3 is 2.77 bits per heavy atom. The highest BCUT2D eigenvalue weighted by Crippen LogP contribution is 2.44. The van der Waals surface area contributed by atoms with Crippen LogP contribution in [-0.4, -0.2) is 36.6 Å². The molecule has 3 rings (SSSR count). The van der Waals surface area contributed by atoms with Gasteiger partial charge in [0.05, 0.1) is 17.9 Å². The lowest BCUT2D eigenvalue weighted by Crippen LogP contribution is -2.34. The van der Waals surface area contributed by atoms with E-state index in [1.165, 1.54) is 0 Å². The molecule has 0 spiro atoms. The van der Waals surface area contributed by atoms with E-state index < -0.39 is 0 Å². The average Bonchev–Trinajstić information content (AvgIpc) is 3.19. The zero-order chi connectivity index (χ0) is 15.7. The Bertz CT molecular complexity index is 608. The first-order valence-electron chi connectivity index (χ1n) is 7.85. The highest BCUT2D eigenvalue weighted by molar-refractivity contribution is 6.05. The van der Waals surface area contributed by atoms with Crippen molar-refractivity contribution in [2.75, 3.05) is 24.6 Å². The van der Waals surface area contributed by atoms with Crippen molar-refractivity contribution in [2.45, 2.75) is 32.6 Å². The zero-order valence-corrected chi connectivity index (χ0v) is 12.9. The van der Waals surface area contributed by atoms with Crippen molar-refractivity contribution in [2.24, 2.45) is 5.41 Å². The number of hydrogen-bond acceptors (Lipinski definition) is 3. The monoisotopic (exact) mass is 302 g/mol. The van der Waals surface area contributed by atoms with E-state index in [4.69, 9.17) is 0 Å². The summed E-state index contributed by atoms with van der Waals surface area (Å²) in [5.74, 6) is -0.0925. The van der Waals surface area contributed by atoms with Crippen molar-refractivity contribution in [1.29, 1.82) is 0 Å². The van der Waals surface area contributed by atoms with Gasteiger partial charge in [-0.15, -0.1) is 0 Å². The van der Waals surface area contributed by atoms with Crippen LogP contribution in [0.25, 0.3) is 0 Å². The van der Waals surface area contributed by atoms with Gasteiger partial charge in [0.2, 0.25) is 5.91 Å². The number of benzene rings is 1. The molecule has 1 saturated heterocycles. The SMILES string of the molecule is Cc1ccc(N2CCCC2=O)c(C(=O)NCC2(CO)CC2)c1. The van der Waals surface area contributed by atoms with Gasteiger partial charge in [-0.3, -0.25) is 9.59 Å². The molecule has 0 radical (unpaired) electrons. The summed E-state index contributed by atoms with van der Waals surface area (Å²) in [6, 6.07) is 5.61. The fraction of sp³-hybridized carbons (Fsp3) is 0.529. The standard InChI is InChI=1S/C17H22N2O3/c1-12-4-5-14(19-8-2-3-15(19)21)13(9-12)16(22)18-10-17(11-20)6-7-17/h4-5,9,20H,2-3,6-8,10-11H2,1H3,(H,18,22). The maximum Gasteiger partial charge on any atom is 0.253 e. The molecule has 1 aliphatic carbocycles. The smallest absolute Gasteiger partial charge is 0.253 e. The summed E-state index contributed by atoms with van der Waals surface area (Å²) in [6.45, 7) is 3.20. The normalized spacial score (nSPS) is 19.4. The van der Waals surface area contributed by atoms with Crippen LogP contribution in [0.15, 0.2) is 18.2 Å². The average molecular weight is 302 g/mol. The summed E-state index contributed by atoms with van der Waals surface area (Å²) >= 11 is 0. The van der Waals surface area contributed by atoms with Gasteiger partial charge in [-0.1, -0.05) is 11.6 Å². The quantitative estimate of drug-likeness (QED) is 0.868. The van der Waals surface area contributed by atoms with E-state index >= 15 is 0 Å². The first-order chi connectivity index (χ1) is 10.5. The fourth-order valence-electron chi connectivity index (χ4n) is 2.90. The summed E-state index contributed by atoms with van der Waals surface area (Å²) < 4.78 is 0. The molecule has 5 heteroatoms. The molecule has 1 aliphatic heterocycles. The van der Waals surface area contributed by atoms with Crippen LogP contribution in [0.1, 0.15) is 41.6 Å². The van der Waals surface area contributed by atoms with E-state index in [9.17, 15) is 14.7 Å². The topological polar surface area (TPSA) is 69.6 Å². The minimum atomic E-state index is -0.168. The van der Waals surface area contributed by atoms with Crippen LogP contribution in [0.3, 0.4) is 0 Å². The van der Waals surface area contributed by atoms with Crippen LogP contribution < -0.4 is 10.2 Å². The van der Waals surface area contributed by atoms with Gasteiger partial charge in [0.25, 0.3) is 5.91 Å². The van der Waals surface area contributed by atoms with Crippen LogP contribution in [0.4, 0.5) is 5.69 Å². The van der Waals surface area contributed by atoms with E-state index in [0.29, 0.717) is 30.8 Å². The second-order valence-corrected chi connectivity index (χ2v) is 6.51. The van der Waals surface area contributed by atoms with Crippen LogP contribution in [0, 0.1) is 12.3 Å². The van der Waals surface area contributed by atoms with Crippen molar-refractivity contribution >= 4 is 17.5 Å². The Morgan fingerprint density at radius 2 is 2.18 bits per heavy atom. The third kappa shape index (κ3) is 2.86. The maximum absolute atomic E-state index is 12.5. The van der Waals surface area contributed by atoms with Gasteiger partial charge in [-0.2, -0.15) is 0 Å². The highest BCUT2D eigenvalue weighted by atomic mass is 16.3. The zero-order valence-electron chi connectivity index (χ0n) is 12.9. The molecule has 1 aromatic rings. The molecule has 1 heterocycles. The summed E-state index contributed by atoms with van der Waals surface area (Å²) in [7, 11) is 0. The Morgan fingerprint density at radius 1 is 1.41 bits per heavy atom. The van der Waals surface area contributed by atoms with E-state index in [2.05, 4.69) is 5.32 Å². The number of aryl methyl sites for hydroxylation is 1. The Balaban J connectivity index is 1.80. The predicted molar refractivity (Wildman–Crippen MR) is 83.9 cm³/mol. The van der Waals surface area contributed by atoms with Gasteiger partial charge in [-0.05, 0) is 38.3 Å². The van der Waals surface area contributed by atoms with E-state index in [0.717, 1.165) is 24.8 Å². The summed E-state index contributed by atoms with van der Waals surface area (Å²) in [5.41, 5.74) is 2.11. The maximum atomic E-state index is 12.5. The predicted octanol–water partition coefficient (Wildman–Crippen LogP) is 1.62. The van der Waals surface area contributed by atoms with Crippen molar-refractivity contribution in [3.05, 3.63) is 29.3 Å². The van der Waals surface area contributed by atoms with Gasteiger partial charge < -0.3 is 15.3 Å². The molecular formula is C17H22N2O3. The lowest BCUT2D eigenvalue weighted by atomic mass is 10.1. The Kier molecular flexibility index (Phi) is 3.91. The first-order valence-corrected chi connectivity index (χ1v) is 7.85. The molecule has 1 aromatic carbocycles. The third-order valence-corrected chi connectivity index (χ3v) is 4.68. The lowest BCUT2D eigenvalue weighted by molar-refractivity contribution is -0.117. The number of nitrogens with zero attached hydrogens (tertiary/aromatic N) is 1. The molecule has 2 amide bonds. The Labute approximate surface area is 130 Å². The second kappa shape index (κ2) is 5.72. The van der Waals surface area contributed by atoms with Crippen molar-refractivity contribution in [3.63, 3.8) is 0 Å². The molecule has 5 nitrogen and oxygen atoms in total. The minimum absolute atomic E-state index is 0.0759. The van der Waals surface area contributed by atoms with Crippen LogP contribution >= 0.6 is 0 Å². The number of aliphatic hydroxyl groups excluding tert-OH is 1. The number of carbonyl (C=O) groups is 2. The molecule has 1 saturated carbocycles. The van der Waals surface area contributed by atoms with Crippen molar-refractivity contribution in [3.8, 4) is 0 Å². The van der Waals surface area contributed by atoms with Crippen molar-refractivity contribution < 1.29 is 14.7 Å². The largest absolute Gasteiger partial charge is 0.396 e. The Hall–Kier alpha value is -1.88. The van der Waals surface area contributed by atoms with E-state index in [1.807, 2.05) is 25.1 Å². The van der Waals surface area contributed by atoms with Gasteiger partial charge in [0, 0.05) is 24.9 Å². The lowest BCUT2D eigenvalue weighted by Gasteiger charge is -2.21. The highest BCUT2D eigenvalue weighted by Gasteiger charge is 2.42. The van der Waals surface area contributed by atoms with Crippen LogP contribution in [0.2, 0.25) is 0 Å². The first kappa shape index (κ1) is 15.0. The van der Waals surface area contributed by atoms with Gasteiger partial charge in [0.1, 0.15) is 0 Å². The molecule has 0 unspecified atom stereocenters. The third-order valence-electron chi connectivity index (χ3n) is 4.68. The molecule has 2 fully saturated rings. The molecule has 2 aliphatic rings. The number of aliphatic hydroxyl groups is 1. The molecule has 118 valence electrons. The van der Waals surface area contributed by atoms with Gasteiger partial charge >= 0.3 is 0 Å².